The molecule has 0 saturated heterocycles. The maximum Gasteiger partial charge on any atom is 0.224 e. The van der Waals surface area contributed by atoms with Gasteiger partial charge in [-0.3, -0.25) is 9.59 Å². The number of nitrogens with zero attached hydrogens (tertiary/aromatic N) is 1. The first-order valence-electron chi connectivity index (χ1n) is 8.96. The van der Waals surface area contributed by atoms with Crippen molar-refractivity contribution < 1.29 is 9.59 Å². The van der Waals surface area contributed by atoms with Gasteiger partial charge in [0.15, 0.2) is 0 Å². The Morgan fingerprint density at radius 1 is 1.17 bits per heavy atom. The third-order valence-corrected chi connectivity index (χ3v) is 5.16. The van der Waals surface area contributed by atoms with Gasteiger partial charge >= 0.3 is 0 Å². The molecule has 4 nitrogen and oxygen atoms in total. The first kappa shape index (κ1) is 18.5. The highest BCUT2D eigenvalue weighted by Gasteiger charge is 2.27. The van der Waals surface area contributed by atoms with Gasteiger partial charge in [-0.25, -0.2) is 0 Å². The van der Waals surface area contributed by atoms with Crippen molar-refractivity contribution in [3.63, 3.8) is 0 Å². The standard InChI is InChI=1S/C20H30N2O2/c1-14-5-9-17(10-6-14)19(21-16(3)23)13-20(24)22(4)18-11-7-15(2)8-12-18/h5-6,9-10,15,18-19H,7-8,11-13H2,1-4H3,(H,21,23). The van der Waals surface area contributed by atoms with E-state index in [1.807, 2.05) is 43.1 Å². The van der Waals surface area contributed by atoms with Gasteiger partial charge in [-0.2, -0.15) is 0 Å². The summed E-state index contributed by atoms with van der Waals surface area (Å²) < 4.78 is 0. The number of hydrogen-bond acceptors (Lipinski definition) is 2. The van der Waals surface area contributed by atoms with Crippen LogP contribution in [0.1, 0.15) is 63.1 Å². The van der Waals surface area contributed by atoms with Crippen molar-refractivity contribution in [2.24, 2.45) is 5.92 Å². The van der Waals surface area contributed by atoms with E-state index >= 15 is 0 Å². The van der Waals surface area contributed by atoms with Gasteiger partial charge in [0.25, 0.3) is 0 Å². The van der Waals surface area contributed by atoms with Crippen molar-refractivity contribution in [1.82, 2.24) is 10.2 Å². The van der Waals surface area contributed by atoms with E-state index < -0.39 is 0 Å². The minimum atomic E-state index is -0.263. The number of benzene rings is 1. The molecule has 1 aliphatic rings. The zero-order valence-electron chi connectivity index (χ0n) is 15.3. The van der Waals surface area contributed by atoms with Crippen molar-refractivity contribution in [3.05, 3.63) is 35.4 Å². The third kappa shape index (κ3) is 5.08. The molecule has 4 heteroatoms. The first-order valence-corrected chi connectivity index (χ1v) is 8.96. The predicted molar refractivity (Wildman–Crippen MR) is 96.5 cm³/mol. The van der Waals surface area contributed by atoms with Gasteiger partial charge in [0.2, 0.25) is 11.8 Å². The molecule has 1 aromatic carbocycles. The monoisotopic (exact) mass is 330 g/mol. The SMILES string of the molecule is CC(=O)NC(CC(=O)N(C)C1CCC(C)CC1)c1ccc(C)cc1. The fourth-order valence-electron chi connectivity index (χ4n) is 3.45. The molecule has 1 aromatic rings. The topological polar surface area (TPSA) is 49.4 Å². The van der Waals surface area contributed by atoms with Gasteiger partial charge in [0.1, 0.15) is 0 Å². The molecular formula is C20H30N2O2. The van der Waals surface area contributed by atoms with Gasteiger partial charge in [-0.1, -0.05) is 36.8 Å². The highest BCUT2D eigenvalue weighted by Crippen LogP contribution is 2.27. The van der Waals surface area contributed by atoms with Crippen LogP contribution >= 0.6 is 0 Å². The van der Waals surface area contributed by atoms with Crippen molar-refractivity contribution >= 4 is 11.8 Å². The van der Waals surface area contributed by atoms with Crippen LogP contribution in [0.2, 0.25) is 0 Å². The molecule has 1 atom stereocenters. The summed E-state index contributed by atoms with van der Waals surface area (Å²) in [7, 11) is 1.91. The molecule has 0 spiro atoms. The van der Waals surface area contributed by atoms with Crippen LogP contribution in [0.4, 0.5) is 0 Å². The highest BCUT2D eigenvalue weighted by atomic mass is 16.2. The molecule has 0 aromatic heterocycles. The summed E-state index contributed by atoms with van der Waals surface area (Å²) in [6, 6.07) is 8.09. The van der Waals surface area contributed by atoms with Gasteiger partial charge in [-0.15, -0.1) is 0 Å². The zero-order valence-corrected chi connectivity index (χ0v) is 15.3. The Hall–Kier alpha value is -1.84. The largest absolute Gasteiger partial charge is 0.349 e. The van der Waals surface area contributed by atoms with E-state index in [9.17, 15) is 9.59 Å². The molecule has 0 aliphatic heterocycles. The molecule has 0 bridgehead atoms. The third-order valence-electron chi connectivity index (χ3n) is 5.16. The lowest BCUT2D eigenvalue weighted by atomic mass is 9.86. The second-order valence-corrected chi connectivity index (χ2v) is 7.29. The number of rotatable bonds is 5. The molecule has 1 N–H and O–H groups in total. The molecule has 1 aliphatic carbocycles. The molecule has 24 heavy (non-hydrogen) atoms. The lowest BCUT2D eigenvalue weighted by Crippen LogP contribution is -2.41. The van der Waals surface area contributed by atoms with Crippen LogP contribution in [0.3, 0.4) is 0 Å². The van der Waals surface area contributed by atoms with E-state index in [1.54, 1.807) is 0 Å². The Morgan fingerprint density at radius 3 is 2.29 bits per heavy atom. The highest BCUT2D eigenvalue weighted by molar-refractivity contribution is 5.79. The predicted octanol–water partition coefficient (Wildman–Crippen LogP) is 3.60. The van der Waals surface area contributed by atoms with Crippen LogP contribution in [0.5, 0.6) is 0 Å². The number of nitrogens with one attached hydrogen (secondary N) is 1. The van der Waals surface area contributed by atoms with Crippen LogP contribution < -0.4 is 5.32 Å². The van der Waals surface area contributed by atoms with Gasteiger partial charge in [0.05, 0.1) is 12.5 Å². The van der Waals surface area contributed by atoms with Gasteiger partial charge < -0.3 is 10.2 Å². The molecule has 2 amide bonds. The summed E-state index contributed by atoms with van der Waals surface area (Å²) in [5.74, 6) is 0.765. The average Bonchev–Trinajstić information content (AvgIpc) is 2.54. The summed E-state index contributed by atoms with van der Waals surface area (Å²) in [4.78, 5) is 26.2. The second kappa shape index (κ2) is 8.32. The Kier molecular flexibility index (Phi) is 6.41. The molecule has 132 valence electrons. The van der Waals surface area contributed by atoms with Crippen molar-refractivity contribution in [3.8, 4) is 0 Å². The Morgan fingerprint density at radius 2 is 1.75 bits per heavy atom. The summed E-state index contributed by atoms with van der Waals surface area (Å²) >= 11 is 0. The van der Waals surface area contributed by atoms with E-state index in [0.717, 1.165) is 24.3 Å². The number of carbonyl (C=O) groups is 2. The minimum Gasteiger partial charge on any atom is -0.349 e. The van der Waals surface area contributed by atoms with Gasteiger partial charge in [0, 0.05) is 20.0 Å². The molecule has 1 unspecified atom stereocenters. The number of carbonyl (C=O) groups excluding carboxylic acids is 2. The maximum absolute atomic E-state index is 12.7. The molecule has 0 radical (unpaired) electrons. The lowest BCUT2D eigenvalue weighted by molar-refractivity contribution is -0.133. The van der Waals surface area contributed by atoms with E-state index in [2.05, 4.69) is 12.2 Å². The molecule has 1 fully saturated rings. The maximum atomic E-state index is 12.7. The van der Waals surface area contributed by atoms with Gasteiger partial charge in [-0.05, 0) is 44.1 Å². The number of hydrogen-bond donors (Lipinski definition) is 1. The van der Waals surface area contributed by atoms with Crippen LogP contribution in [-0.2, 0) is 9.59 Å². The fourth-order valence-corrected chi connectivity index (χ4v) is 3.45. The van der Waals surface area contributed by atoms with Crippen LogP contribution in [-0.4, -0.2) is 29.8 Å². The van der Waals surface area contributed by atoms with E-state index in [4.69, 9.17) is 0 Å². The smallest absolute Gasteiger partial charge is 0.224 e. The number of aryl methyl sites for hydroxylation is 1. The summed E-state index contributed by atoms with van der Waals surface area (Å²) in [5.41, 5.74) is 2.15. The summed E-state index contributed by atoms with van der Waals surface area (Å²) in [6.07, 6.45) is 4.85. The average molecular weight is 330 g/mol. The summed E-state index contributed by atoms with van der Waals surface area (Å²) in [6.45, 7) is 5.81. The Balaban J connectivity index is 2.03. The van der Waals surface area contributed by atoms with E-state index in [0.29, 0.717) is 12.5 Å². The summed E-state index contributed by atoms with van der Waals surface area (Å²) in [5, 5.41) is 2.92. The van der Waals surface area contributed by atoms with Crippen molar-refractivity contribution in [2.45, 2.75) is 65.0 Å². The van der Waals surface area contributed by atoms with E-state index in [1.165, 1.54) is 25.3 Å². The second-order valence-electron chi connectivity index (χ2n) is 7.29. The fraction of sp³-hybridized carbons (Fsp3) is 0.600. The van der Waals surface area contributed by atoms with Crippen molar-refractivity contribution in [2.75, 3.05) is 7.05 Å². The Labute approximate surface area is 145 Å². The van der Waals surface area contributed by atoms with Crippen LogP contribution in [0.15, 0.2) is 24.3 Å². The van der Waals surface area contributed by atoms with E-state index in [-0.39, 0.29) is 17.9 Å². The first-order chi connectivity index (χ1) is 11.4. The molecule has 0 heterocycles. The Bertz CT molecular complexity index is 560. The zero-order chi connectivity index (χ0) is 17.7. The molecule has 2 rings (SSSR count). The normalized spacial score (nSPS) is 21.8. The van der Waals surface area contributed by atoms with Crippen LogP contribution in [0, 0.1) is 12.8 Å². The quantitative estimate of drug-likeness (QED) is 0.897. The van der Waals surface area contributed by atoms with Crippen molar-refractivity contribution in [1.29, 1.82) is 0 Å². The number of amides is 2. The van der Waals surface area contributed by atoms with Crippen LogP contribution in [0.25, 0.3) is 0 Å². The molecule has 1 saturated carbocycles. The molecular weight excluding hydrogens is 300 g/mol. The lowest BCUT2D eigenvalue weighted by Gasteiger charge is -2.34. The minimum absolute atomic E-state index is 0.105.